The topological polar surface area (TPSA) is 0 Å². The van der Waals surface area contributed by atoms with Gasteiger partial charge in [0, 0.05) is 0 Å². The SMILES string of the molecule is [Br-].c1ccc([P+](CCC2CCCCC2)(c2ccccc2)c2ccccc2)cc1. The van der Waals surface area contributed by atoms with Gasteiger partial charge >= 0.3 is 0 Å². The molecule has 0 unspecified atom stereocenters. The molecular weight excluding hydrogens is 423 g/mol. The fourth-order valence-electron chi connectivity index (χ4n) is 4.73. The van der Waals surface area contributed by atoms with Crippen LogP contribution in [0.4, 0.5) is 0 Å². The Bertz CT molecular complexity index is 714. The molecule has 146 valence electrons. The lowest BCUT2D eigenvalue weighted by Gasteiger charge is -2.30. The van der Waals surface area contributed by atoms with Crippen LogP contribution in [0.3, 0.4) is 0 Å². The summed E-state index contributed by atoms with van der Waals surface area (Å²) in [5, 5.41) is 4.58. The van der Waals surface area contributed by atoms with Crippen molar-refractivity contribution in [3.63, 3.8) is 0 Å². The third-order valence-electron chi connectivity index (χ3n) is 6.19. The van der Waals surface area contributed by atoms with Crippen molar-refractivity contribution in [2.24, 2.45) is 5.92 Å². The van der Waals surface area contributed by atoms with E-state index in [1.165, 1.54) is 60.6 Å². The van der Waals surface area contributed by atoms with Crippen LogP contribution in [0, 0.1) is 5.92 Å². The molecule has 3 aromatic rings. The van der Waals surface area contributed by atoms with Gasteiger partial charge in [-0.05, 0) is 48.7 Å². The number of halogens is 1. The van der Waals surface area contributed by atoms with Crippen molar-refractivity contribution < 1.29 is 17.0 Å². The zero-order chi connectivity index (χ0) is 18.4. The number of rotatable bonds is 6. The second kappa shape index (κ2) is 10.4. The minimum absolute atomic E-state index is 0. The van der Waals surface area contributed by atoms with E-state index >= 15 is 0 Å². The van der Waals surface area contributed by atoms with Gasteiger partial charge < -0.3 is 17.0 Å². The Morgan fingerprint density at radius 3 is 1.36 bits per heavy atom. The van der Waals surface area contributed by atoms with Gasteiger partial charge in [-0.15, -0.1) is 0 Å². The van der Waals surface area contributed by atoms with Crippen LogP contribution in [0.15, 0.2) is 91.0 Å². The lowest BCUT2D eigenvalue weighted by molar-refractivity contribution is -0.00000534. The molecular formula is C26H30BrP. The van der Waals surface area contributed by atoms with Crippen molar-refractivity contribution >= 4 is 23.2 Å². The van der Waals surface area contributed by atoms with Crippen molar-refractivity contribution in [2.45, 2.75) is 38.5 Å². The fourth-order valence-corrected chi connectivity index (χ4v) is 9.20. The molecule has 0 N–H and O–H groups in total. The normalized spacial score (nSPS) is 15.0. The summed E-state index contributed by atoms with van der Waals surface area (Å²) in [6.07, 6.45) is 9.79. The Hall–Kier alpha value is -1.43. The molecule has 2 heteroatoms. The molecule has 0 aromatic heterocycles. The van der Waals surface area contributed by atoms with E-state index in [2.05, 4.69) is 91.0 Å². The Balaban J connectivity index is 0.00000225. The predicted molar refractivity (Wildman–Crippen MR) is 121 cm³/mol. The van der Waals surface area contributed by atoms with Gasteiger partial charge in [-0.3, -0.25) is 0 Å². The van der Waals surface area contributed by atoms with Gasteiger partial charge in [0.15, 0.2) is 0 Å². The molecule has 1 aliphatic rings. The highest BCUT2D eigenvalue weighted by atomic mass is 79.9. The molecule has 0 aliphatic heterocycles. The first-order valence-corrected chi connectivity index (χ1v) is 12.4. The number of hydrogen-bond donors (Lipinski definition) is 0. The second-order valence-corrected chi connectivity index (χ2v) is 11.4. The summed E-state index contributed by atoms with van der Waals surface area (Å²) in [4.78, 5) is 0. The first-order valence-electron chi connectivity index (χ1n) is 10.4. The fraction of sp³-hybridized carbons (Fsp3) is 0.308. The third kappa shape index (κ3) is 4.58. The third-order valence-corrected chi connectivity index (χ3v) is 10.7. The maximum absolute atomic E-state index is 2.37. The van der Waals surface area contributed by atoms with Crippen molar-refractivity contribution in [2.75, 3.05) is 6.16 Å². The molecule has 0 bridgehead atoms. The monoisotopic (exact) mass is 452 g/mol. The van der Waals surface area contributed by atoms with Crippen LogP contribution in [0.25, 0.3) is 0 Å². The van der Waals surface area contributed by atoms with Gasteiger partial charge in [-0.25, -0.2) is 0 Å². The lowest BCUT2D eigenvalue weighted by Crippen LogP contribution is -3.00. The van der Waals surface area contributed by atoms with Crippen molar-refractivity contribution in [1.29, 1.82) is 0 Å². The van der Waals surface area contributed by atoms with Gasteiger partial charge in [-0.2, -0.15) is 0 Å². The molecule has 0 saturated heterocycles. The molecule has 0 heterocycles. The van der Waals surface area contributed by atoms with E-state index in [1.54, 1.807) is 0 Å². The second-order valence-electron chi connectivity index (χ2n) is 7.83. The largest absolute Gasteiger partial charge is 1.00 e. The van der Waals surface area contributed by atoms with E-state index in [9.17, 15) is 0 Å². The average Bonchev–Trinajstić information content (AvgIpc) is 2.77. The summed E-state index contributed by atoms with van der Waals surface area (Å²) < 4.78 is 0. The Morgan fingerprint density at radius 1 is 0.571 bits per heavy atom. The summed E-state index contributed by atoms with van der Waals surface area (Å²) in [7, 11) is -1.62. The summed E-state index contributed by atoms with van der Waals surface area (Å²) in [6, 6.07) is 34.0. The molecule has 0 nitrogen and oxygen atoms in total. The summed E-state index contributed by atoms with van der Waals surface area (Å²) in [5.41, 5.74) is 0. The van der Waals surface area contributed by atoms with E-state index in [-0.39, 0.29) is 17.0 Å². The van der Waals surface area contributed by atoms with Crippen LogP contribution in [0.2, 0.25) is 0 Å². The summed E-state index contributed by atoms with van der Waals surface area (Å²) in [5.74, 6) is 0.911. The molecule has 4 rings (SSSR count). The van der Waals surface area contributed by atoms with E-state index in [0.717, 1.165) is 5.92 Å². The Kier molecular flexibility index (Phi) is 7.89. The van der Waals surface area contributed by atoms with Crippen LogP contribution < -0.4 is 32.9 Å². The first-order chi connectivity index (χ1) is 13.4. The maximum atomic E-state index is 2.37. The van der Waals surface area contributed by atoms with Crippen LogP contribution >= 0.6 is 7.26 Å². The van der Waals surface area contributed by atoms with Crippen LogP contribution in [-0.4, -0.2) is 6.16 Å². The highest BCUT2D eigenvalue weighted by Gasteiger charge is 2.45. The molecule has 1 fully saturated rings. The van der Waals surface area contributed by atoms with Crippen molar-refractivity contribution in [3.05, 3.63) is 91.0 Å². The van der Waals surface area contributed by atoms with Gasteiger partial charge in [-0.1, -0.05) is 86.7 Å². The van der Waals surface area contributed by atoms with Crippen molar-refractivity contribution in [3.8, 4) is 0 Å². The molecule has 0 radical (unpaired) electrons. The zero-order valence-corrected chi connectivity index (χ0v) is 19.0. The Labute approximate surface area is 181 Å². The standard InChI is InChI=1S/C26H30P.BrH/c1-5-13-23(14-6-1)21-22-27(24-15-7-2-8-16-24,25-17-9-3-10-18-25)26-19-11-4-12-20-26;/h2-4,7-12,15-20,23H,1,5-6,13-14,21-22H2;1H/q+1;/p-1. The van der Waals surface area contributed by atoms with E-state index < -0.39 is 7.26 Å². The maximum Gasteiger partial charge on any atom is 0.112 e. The highest BCUT2D eigenvalue weighted by molar-refractivity contribution is 7.95. The zero-order valence-electron chi connectivity index (χ0n) is 16.5. The van der Waals surface area contributed by atoms with Crippen LogP contribution in [0.1, 0.15) is 38.5 Å². The molecule has 28 heavy (non-hydrogen) atoms. The number of benzene rings is 3. The van der Waals surface area contributed by atoms with E-state index in [0.29, 0.717) is 0 Å². The minimum Gasteiger partial charge on any atom is -1.00 e. The van der Waals surface area contributed by atoms with Crippen LogP contribution in [-0.2, 0) is 0 Å². The van der Waals surface area contributed by atoms with Crippen molar-refractivity contribution in [1.82, 2.24) is 0 Å². The molecule has 0 amide bonds. The van der Waals surface area contributed by atoms with Gasteiger partial charge in [0.25, 0.3) is 0 Å². The minimum atomic E-state index is -1.62. The van der Waals surface area contributed by atoms with Gasteiger partial charge in [0.2, 0.25) is 0 Å². The summed E-state index contributed by atoms with van der Waals surface area (Å²) >= 11 is 0. The molecule has 0 spiro atoms. The molecule has 1 aliphatic carbocycles. The summed E-state index contributed by atoms with van der Waals surface area (Å²) in [6.45, 7) is 0. The smallest absolute Gasteiger partial charge is 0.112 e. The van der Waals surface area contributed by atoms with E-state index in [1.807, 2.05) is 0 Å². The lowest BCUT2D eigenvalue weighted by atomic mass is 9.88. The molecule has 0 atom stereocenters. The van der Waals surface area contributed by atoms with Gasteiger partial charge in [0.05, 0.1) is 6.16 Å². The Morgan fingerprint density at radius 2 is 0.964 bits per heavy atom. The average molecular weight is 453 g/mol. The predicted octanol–water partition coefficient (Wildman–Crippen LogP) is 2.95. The quantitative estimate of drug-likeness (QED) is 0.504. The van der Waals surface area contributed by atoms with Crippen LogP contribution in [0.5, 0.6) is 0 Å². The van der Waals surface area contributed by atoms with Gasteiger partial charge in [0.1, 0.15) is 23.2 Å². The first kappa shape index (κ1) is 21.3. The molecule has 3 aromatic carbocycles. The number of hydrogen-bond acceptors (Lipinski definition) is 0. The van der Waals surface area contributed by atoms with E-state index in [4.69, 9.17) is 0 Å². The highest BCUT2D eigenvalue weighted by Crippen LogP contribution is 2.56. The molecule has 1 saturated carbocycles.